The lowest BCUT2D eigenvalue weighted by molar-refractivity contribution is -0.137. The Bertz CT molecular complexity index is 1030. The molecule has 0 aliphatic heterocycles. The number of carbonyl (C=O) groups is 2. The molecule has 3 aromatic rings. The average molecular weight is 390 g/mol. The van der Waals surface area contributed by atoms with E-state index < -0.39 is 23.6 Å². The quantitative estimate of drug-likeness (QED) is 0.673. The first-order valence-corrected chi connectivity index (χ1v) is 8.38. The number of benzene rings is 2. The lowest BCUT2D eigenvalue weighted by Crippen LogP contribution is -2.43. The van der Waals surface area contributed by atoms with Gasteiger partial charge in [-0.05, 0) is 23.8 Å². The lowest BCUT2D eigenvalue weighted by Gasteiger charge is -2.10. The Labute approximate surface area is 158 Å². The van der Waals surface area contributed by atoms with E-state index in [0.717, 1.165) is 23.2 Å². The Hall–Kier alpha value is -3.36. The number of nitrogens with zero attached hydrogens (tertiary/aromatic N) is 2. The van der Waals surface area contributed by atoms with Crippen LogP contribution in [0.15, 0.2) is 48.5 Å². The van der Waals surface area contributed by atoms with Gasteiger partial charge in [0, 0.05) is 7.05 Å². The third-order valence-electron chi connectivity index (χ3n) is 4.16. The van der Waals surface area contributed by atoms with Crippen molar-refractivity contribution in [2.45, 2.75) is 19.0 Å². The fourth-order valence-electron chi connectivity index (χ4n) is 2.77. The van der Waals surface area contributed by atoms with Crippen molar-refractivity contribution in [1.82, 2.24) is 20.4 Å². The van der Waals surface area contributed by atoms with Crippen molar-refractivity contribution in [3.63, 3.8) is 0 Å². The standard InChI is InChI=1S/C19H17F3N4O2/c1-26-15-8-3-2-7-14(15)23-16(26)11-18(28)25-24-17(27)10-12-5-4-6-13(9-12)19(20,21)22/h2-9H,10-11H2,1H3,(H,24,27)(H,25,28). The zero-order valence-electron chi connectivity index (χ0n) is 14.9. The first-order valence-electron chi connectivity index (χ1n) is 8.38. The van der Waals surface area contributed by atoms with E-state index in [-0.39, 0.29) is 18.4 Å². The van der Waals surface area contributed by atoms with Crippen LogP contribution >= 0.6 is 0 Å². The van der Waals surface area contributed by atoms with Crippen LogP contribution < -0.4 is 10.9 Å². The normalized spacial score (nSPS) is 11.4. The molecule has 1 aromatic heterocycles. The molecular formula is C19H17F3N4O2. The summed E-state index contributed by atoms with van der Waals surface area (Å²) in [6.45, 7) is 0. The van der Waals surface area contributed by atoms with Crippen molar-refractivity contribution in [3.8, 4) is 0 Å². The average Bonchev–Trinajstić information content (AvgIpc) is 2.95. The van der Waals surface area contributed by atoms with Crippen LogP contribution in [-0.4, -0.2) is 21.4 Å². The Morgan fingerprint density at radius 2 is 1.68 bits per heavy atom. The molecule has 6 nitrogen and oxygen atoms in total. The van der Waals surface area contributed by atoms with Crippen molar-refractivity contribution in [1.29, 1.82) is 0 Å². The smallest absolute Gasteiger partial charge is 0.331 e. The number of alkyl halides is 3. The van der Waals surface area contributed by atoms with Crippen LogP contribution in [0.1, 0.15) is 17.0 Å². The van der Waals surface area contributed by atoms with Gasteiger partial charge in [-0.2, -0.15) is 13.2 Å². The molecule has 9 heteroatoms. The minimum absolute atomic E-state index is 0.0605. The molecule has 2 N–H and O–H groups in total. The molecule has 0 fully saturated rings. The van der Waals surface area contributed by atoms with Gasteiger partial charge >= 0.3 is 6.18 Å². The first-order chi connectivity index (χ1) is 13.2. The maximum absolute atomic E-state index is 12.7. The first kappa shape index (κ1) is 19.4. The molecule has 28 heavy (non-hydrogen) atoms. The van der Waals surface area contributed by atoms with E-state index >= 15 is 0 Å². The highest BCUT2D eigenvalue weighted by Crippen LogP contribution is 2.29. The van der Waals surface area contributed by atoms with E-state index in [4.69, 9.17) is 0 Å². The van der Waals surface area contributed by atoms with Crippen molar-refractivity contribution in [3.05, 3.63) is 65.5 Å². The number of carbonyl (C=O) groups excluding carboxylic acids is 2. The number of hydrazine groups is 1. The van der Waals surface area contributed by atoms with Gasteiger partial charge in [-0.3, -0.25) is 20.4 Å². The molecule has 0 atom stereocenters. The summed E-state index contributed by atoms with van der Waals surface area (Å²) >= 11 is 0. The third kappa shape index (κ3) is 4.48. The summed E-state index contributed by atoms with van der Waals surface area (Å²) in [6, 6.07) is 11.9. The van der Waals surface area contributed by atoms with E-state index in [0.29, 0.717) is 5.82 Å². The summed E-state index contributed by atoms with van der Waals surface area (Å²) in [5, 5.41) is 0. The van der Waals surface area contributed by atoms with E-state index in [1.807, 2.05) is 24.3 Å². The molecular weight excluding hydrogens is 373 g/mol. The number of imidazole rings is 1. The fourth-order valence-corrected chi connectivity index (χ4v) is 2.77. The van der Waals surface area contributed by atoms with Crippen LogP contribution in [-0.2, 0) is 35.7 Å². The summed E-state index contributed by atoms with van der Waals surface area (Å²) in [4.78, 5) is 28.3. The molecule has 2 amide bonds. The van der Waals surface area contributed by atoms with E-state index in [2.05, 4.69) is 15.8 Å². The van der Waals surface area contributed by atoms with Gasteiger partial charge in [0.15, 0.2) is 0 Å². The van der Waals surface area contributed by atoms with Gasteiger partial charge < -0.3 is 4.57 Å². The van der Waals surface area contributed by atoms with Gasteiger partial charge in [-0.25, -0.2) is 4.98 Å². The fraction of sp³-hybridized carbons (Fsp3) is 0.211. The summed E-state index contributed by atoms with van der Waals surface area (Å²) in [5.41, 5.74) is 5.45. The molecule has 0 spiro atoms. The molecule has 0 aliphatic rings. The highest BCUT2D eigenvalue weighted by molar-refractivity contribution is 5.85. The van der Waals surface area contributed by atoms with Gasteiger partial charge in [0.1, 0.15) is 5.82 Å². The van der Waals surface area contributed by atoms with Gasteiger partial charge in [-0.15, -0.1) is 0 Å². The molecule has 2 aromatic carbocycles. The second kappa shape index (κ2) is 7.71. The van der Waals surface area contributed by atoms with Crippen molar-refractivity contribution in [2.75, 3.05) is 0 Å². The van der Waals surface area contributed by atoms with Crippen LogP contribution in [0.25, 0.3) is 11.0 Å². The zero-order chi connectivity index (χ0) is 20.3. The van der Waals surface area contributed by atoms with Crippen LogP contribution in [0.2, 0.25) is 0 Å². The van der Waals surface area contributed by atoms with E-state index in [9.17, 15) is 22.8 Å². The molecule has 1 heterocycles. The maximum Gasteiger partial charge on any atom is 0.416 e. The number of para-hydroxylation sites is 2. The number of rotatable bonds is 4. The van der Waals surface area contributed by atoms with Crippen LogP contribution in [0.5, 0.6) is 0 Å². The molecule has 146 valence electrons. The molecule has 0 radical (unpaired) electrons. The van der Waals surface area contributed by atoms with Crippen molar-refractivity contribution in [2.24, 2.45) is 7.05 Å². The maximum atomic E-state index is 12.7. The van der Waals surface area contributed by atoms with Gasteiger partial charge in [0.25, 0.3) is 0 Å². The molecule has 0 unspecified atom stereocenters. The molecule has 0 aliphatic carbocycles. The molecule has 0 bridgehead atoms. The van der Waals surface area contributed by atoms with Gasteiger partial charge in [0.05, 0.1) is 29.4 Å². The molecule has 3 rings (SSSR count). The number of fused-ring (bicyclic) bond motifs is 1. The van der Waals surface area contributed by atoms with Crippen molar-refractivity contribution >= 4 is 22.8 Å². The number of hydrogen-bond acceptors (Lipinski definition) is 3. The number of aromatic nitrogens is 2. The summed E-state index contributed by atoms with van der Waals surface area (Å²) in [6.07, 6.45) is -4.84. The van der Waals surface area contributed by atoms with Crippen LogP contribution in [0, 0.1) is 0 Å². The summed E-state index contributed by atoms with van der Waals surface area (Å²) in [5.74, 6) is -0.598. The van der Waals surface area contributed by atoms with E-state index in [1.165, 1.54) is 12.1 Å². The largest absolute Gasteiger partial charge is 0.416 e. The lowest BCUT2D eigenvalue weighted by atomic mass is 10.1. The minimum atomic E-state index is -4.48. The second-order valence-corrected chi connectivity index (χ2v) is 6.22. The second-order valence-electron chi connectivity index (χ2n) is 6.22. The predicted octanol–water partition coefficient (Wildman–Crippen LogP) is 2.52. The van der Waals surface area contributed by atoms with E-state index in [1.54, 1.807) is 11.6 Å². The van der Waals surface area contributed by atoms with Gasteiger partial charge in [-0.1, -0.05) is 30.3 Å². The topological polar surface area (TPSA) is 76.0 Å². The summed E-state index contributed by atoms with van der Waals surface area (Å²) in [7, 11) is 1.78. The molecule has 0 saturated heterocycles. The zero-order valence-corrected chi connectivity index (χ0v) is 14.9. The highest BCUT2D eigenvalue weighted by Gasteiger charge is 2.30. The monoisotopic (exact) mass is 390 g/mol. The van der Waals surface area contributed by atoms with Crippen LogP contribution in [0.3, 0.4) is 0 Å². The number of nitrogens with one attached hydrogen (secondary N) is 2. The van der Waals surface area contributed by atoms with Crippen LogP contribution in [0.4, 0.5) is 13.2 Å². The Morgan fingerprint density at radius 3 is 2.36 bits per heavy atom. The number of halogens is 3. The number of hydrogen-bond donors (Lipinski definition) is 2. The Morgan fingerprint density at radius 1 is 1.00 bits per heavy atom. The third-order valence-corrected chi connectivity index (χ3v) is 4.16. The number of amides is 2. The highest BCUT2D eigenvalue weighted by atomic mass is 19.4. The predicted molar refractivity (Wildman–Crippen MR) is 95.9 cm³/mol. The summed E-state index contributed by atoms with van der Waals surface area (Å²) < 4.78 is 39.9. The Kier molecular flexibility index (Phi) is 5.34. The SMILES string of the molecule is Cn1c(CC(=O)NNC(=O)Cc2cccc(C(F)(F)F)c2)nc2ccccc21. The molecule has 0 saturated carbocycles. The Balaban J connectivity index is 1.55. The minimum Gasteiger partial charge on any atom is -0.331 e. The van der Waals surface area contributed by atoms with Crippen molar-refractivity contribution < 1.29 is 22.8 Å². The number of aryl methyl sites for hydroxylation is 1. The van der Waals surface area contributed by atoms with Gasteiger partial charge in [0.2, 0.25) is 11.8 Å².